The van der Waals surface area contributed by atoms with Gasteiger partial charge in [0.1, 0.15) is 23.1 Å². The molecule has 8 nitrogen and oxygen atoms in total. The zero-order chi connectivity index (χ0) is 33.0. The molecule has 0 aliphatic heterocycles. The number of nitrogens with one attached hydrogen (secondary N) is 1. The number of aliphatic hydroxyl groups is 1. The summed E-state index contributed by atoms with van der Waals surface area (Å²) < 4.78 is 67.8. The SMILES string of the molecule is COc1cc([C@@H](O)[C@@H](CC2Cc3ccccc3C2)Cn2ccc(CCC(=O)NS(=O)(=O)c3c(F)cccc3F)c2)cc(OC)c1C. The molecular formula is C35H38F2N2O6S. The van der Waals surface area contributed by atoms with Gasteiger partial charge in [0.15, 0.2) is 4.90 Å². The first-order valence-electron chi connectivity index (χ1n) is 15.1. The van der Waals surface area contributed by atoms with E-state index < -0.39 is 38.6 Å². The molecule has 1 aliphatic rings. The first-order valence-corrected chi connectivity index (χ1v) is 16.6. The highest BCUT2D eigenvalue weighted by molar-refractivity contribution is 7.90. The highest BCUT2D eigenvalue weighted by atomic mass is 32.2. The fraction of sp³-hybridized carbons (Fsp3) is 0.343. The molecule has 0 saturated carbocycles. The second kappa shape index (κ2) is 14.0. The molecule has 0 spiro atoms. The maximum Gasteiger partial charge on any atom is 0.269 e. The monoisotopic (exact) mass is 652 g/mol. The van der Waals surface area contributed by atoms with Crippen molar-refractivity contribution in [1.82, 2.24) is 9.29 Å². The van der Waals surface area contributed by atoms with Crippen LogP contribution in [0.5, 0.6) is 11.5 Å². The molecule has 2 atom stereocenters. The number of benzene rings is 3. The summed E-state index contributed by atoms with van der Waals surface area (Å²) in [5, 5.41) is 11.8. The lowest BCUT2D eigenvalue weighted by molar-refractivity contribution is -0.119. The Labute approximate surface area is 268 Å². The van der Waals surface area contributed by atoms with E-state index >= 15 is 0 Å². The van der Waals surface area contributed by atoms with E-state index in [4.69, 9.17) is 9.47 Å². The number of hydrogen-bond donors (Lipinski definition) is 2. The molecule has 1 amide bonds. The number of rotatable bonds is 13. The summed E-state index contributed by atoms with van der Waals surface area (Å²) in [6.07, 6.45) is 5.51. The van der Waals surface area contributed by atoms with Crippen molar-refractivity contribution in [2.75, 3.05) is 14.2 Å². The van der Waals surface area contributed by atoms with Crippen LogP contribution < -0.4 is 14.2 Å². The van der Waals surface area contributed by atoms with E-state index in [-0.39, 0.29) is 18.8 Å². The van der Waals surface area contributed by atoms with Gasteiger partial charge in [-0.15, -0.1) is 0 Å². The van der Waals surface area contributed by atoms with Crippen LogP contribution >= 0.6 is 0 Å². The summed E-state index contributed by atoms with van der Waals surface area (Å²) in [6, 6.07) is 16.6. The zero-order valence-electron chi connectivity index (χ0n) is 26.0. The molecule has 11 heteroatoms. The van der Waals surface area contributed by atoms with Crippen LogP contribution in [0.1, 0.15) is 46.8 Å². The van der Waals surface area contributed by atoms with Crippen LogP contribution in [0.3, 0.4) is 0 Å². The van der Waals surface area contributed by atoms with E-state index in [1.54, 1.807) is 18.9 Å². The van der Waals surface area contributed by atoms with Crippen molar-refractivity contribution in [3.63, 3.8) is 0 Å². The molecular weight excluding hydrogens is 614 g/mol. The second-order valence-electron chi connectivity index (χ2n) is 11.8. The number of aromatic nitrogens is 1. The van der Waals surface area contributed by atoms with Gasteiger partial charge in [0.25, 0.3) is 10.0 Å². The minimum Gasteiger partial charge on any atom is -0.496 e. The maximum absolute atomic E-state index is 14.0. The Morgan fingerprint density at radius 1 is 1.00 bits per heavy atom. The van der Waals surface area contributed by atoms with Crippen molar-refractivity contribution in [3.05, 3.63) is 113 Å². The molecule has 1 aromatic heterocycles. The number of ether oxygens (including phenoxy) is 2. The molecule has 1 aliphatic carbocycles. The number of aliphatic hydroxyl groups excluding tert-OH is 1. The Morgan fingerprint density at radius 3 is 2.20 bits per heavy atom. The minimum absolute atomic E-state index is 0.180. The van der Waals surface area contributed by atoms with Gasteiger partial charge in [-0.1, -0.05) is 30.3 Å². The van der Waals surface area contributed by atoms with Crippen molar-refractivity contribution in [2.24, 2.45) is 11.8 Å². The van der Waals surface area contributed by atoms with Crippen LogP contribution in [0.4, 0.5) is 8.78 Å². The van der Waals surface area contributed by atoms with Crippen LogP contribution in [-0.4, -0.2) is 38.2 Å². The summed E-state index contributed by atoms with van der Waals surface area (Å²) in [6.45, 7) is 2.38. The number of methoxy groups -OCH3 is 2. The van der Waals surface area contributed by atoms with Crippen molar-refractivity contribution in [2.45, 2.75) is 56.6 Å². The summed E-state index contributed by atoms with van der Waals surface area (Å²) in [5.41, 5.74) is 4.97. The third-order valence-electron chi connectivity index (χ3n) is 8.67. The van der Waals surface area contributed by atoms with Crippen molar-refractivity contribution >= 4 is 15.9 Å². The van der Waals surface area contributed by atoms with Crippen molar-refractivity contribution in [3.8, 4) is 11.5 Å². The zero-order valence-corrected chi connectivity index (χ0v) is 26.8. The van der Waals surface area contributed by atoms with Gasteiger partial charge < -0.3 is 19.1 Å². The van der Waals surface area contributed by atoms with E-state index in [0.717, 1.165) is 48.6 Å². The Kier molecular flexibility index (Phi) is 10.1. The highest BCUT2D eigenvalue weighted by Gasteiger charge is 2.30. The molecule has 0 unspecified atom stereocenters. The lowest BCUT2D eigenvalue weighted by Crippen LogP contribution is -2.32. The molecule has 0 fully saturated rings. The molecule has 2 N–H and O–H groups in total. The highest BCUT2D eigenvalue weighted by Crippen LogP contribution is 2.39. The number of aryl methyl sites for hydroxylation is 1. The Morgan fingerprint density at radius 2 is 1.61 bits per heavy atom. The number of hydrogen-bond acceptors (Lipinski definition) is 6. The molecule has 244 valence electrons. The maximum atomic E-state index is 14.0. The topological polar surface area (TPSA) is 107 Å². The average molecular weight is 653 g/mol. The van der Waals surface area contributed by atoms with Gasteiger partial charge in [0.05, 0.1) is 20.3 Å². The Hall–Kier alpha value is -4.22. The van der Waals surface area contributed by atoms with Crippen LogP contribution in [0.15, 0.2) is 78.0 Å². The lowest BCUT2D eigenvalue weighted by atomic mass is 9.85. The Bertz CT molecular complexity index is 1750. The van der Waals surface area contributed by atoms with Gasteiger partial charge in [0.2, 0.25) is 5.91 Å². The van der Waals surface area contributed by atoms with Crippen LogP contribution in [-0.2, 0) is 40.6 Å². The summed E-state index contributed by atoms with van der Waals surface area (Å²) >= 11 is 0. The van der Waals surface area contributed by atoms with Gasteiger partial charge in [-0.2, -0.15) is 0 Å². The Balaban J connectivity index is 1.29. The summed E-state index contributed by atoms with van der Waals surface area (Å²) in [7, 11) is -1.55. The van der Waals surface area contributed by atoms with Gasteiger partial charge in [-0.05, 0) is 91.1 Å². The van der Waals surface area contributed by atoms with Crippen LogP contribution in [0.25, 0.3) is 0 Å². The molecule has 0 saturated heterocycles. The summed E-state index contributed by atoms with van der Waals surface area (Å²) in [4.78, 5) is 11.3. The first-order chi connectivity index (χ1) is 22.0. The number of carbonyl (C=O) groups excluding carboxylic acids is 1. The first kappa shape index (κ1) is 33.2. The minimum atomic E-state index is -4.72. The number of fused-ring (bicyclic) bond motifs is 1. The predicted octanol–water partition coefficient (Wildman–Crippen LogP) is 5.68. The van der Waals surface area contributed by atoms with E-state index in [2.05, 4.69) is 12.1 Å². The predicted molar refractivity (Wildman–Crippen MR) is 169 cm³/mol. The molecule has 1 heterocycles. The standard InChI is InChI=1S/C35H38F2N2O6S/c1-22-31(44-2)18-27(19-32(22)45-3)34(41)28(17-24-15-25-7-4-5-8-26(25)16-24)21-39-14-13-23(20-39)11-12-33(40)38-46(42,43)35-29(36)9-6-10-30(35)37/h4-10,13-14,18-20,24,28,34,41H,11-12,15-17,21H2,1-3H3,(H,38,40)/t28-,34+/m0/s1. The van der Waals surface area contributed by atoms with E-state index in [0.29, 0.717) is 29.5 Å². The fourth-order valence-corrected chi connectivity index (χ4v) is 7.52. The van der Waals surface area contributed by atoms with Crippen molar-refractivity contribution in [1.29, 1.82) is 0 Å². The molecule has 5 rings (SSSR count). The number of amides is 1. The number of carbonyl (C=O) groups is 1. The fourth-order valence-electron chi connectivity index (χ4n) is 6.37. The normalized spacial score (nSPS) is 14.5. The largest absolute Gasteiger partial charge is 0.496 e. The molecule has 0 radical (unpaired) electrons. The molecule has 4 aromatic rings. The molecule has 46 heavy (non-hydrogen) atoms. The van der Waals surface area contributed by atoms with E-state index in [1.807, 2.05) is 54.2 Å². The van der Waals surface area contributed by atoms with Crippen molar-refractivity contribution < 1.29 is 36.6 Å². The van der Waals surface area contributed by atoms with Crippen LogP contribution in [0, 0.1) is 30.4 Å². The van der Waals surface area contributed by atoms with Gasteiger partial charge in [-0.25, -0.2) is 21.9 Å². The summed E-state index contributed by atoms with van der Waals surface area (Å²) in [5.74, 6) is -2.02. The van der Waals surface area contributed by atoms with Gasteiger partial charge in [0, 0.05) is 36.8 Å². The quantitative estimate of drug-likeness (QED) is 0.192. The molecule has 0 bridgehead atoms. The third kappa shape index (κ3) is 7.42. The average Bonchev–Trinajstić information content (AvgIpc) is 3.65. The lowest BCUT2D eigenvalue weighted by Gasteiger charge is -2.27. The number of sulfonamides is 1. The van der Waals surface area contributed by atoms with Gasteiger partial charge >= 0.3 is 0 Å². The van der Waals surface area contributed by atoms with Crippen LogP contribution in [0.2, 0.25) is 0 Å². The van der Waals surface area contributed by atoms with E-state index in [9.17, 15) is 27.1 Å². The van der Waals surface area contributed by atoms with Gasteiger partial charge in [-0.3, -0.25) is 4.79 Å². The second-order valence-corrected chi connectivity index (χ2v) is 13.4. The molecule has 3 aromatic carbocycles. The smallest absolute Gasteiger partial charge is 0.269 e. The third-order valence-corrected chi connectivity index (χ3v) is 10.1. The number of halogens is 2. The van der Waals surface area contributed by atoms with E-state index in [1.165, 1.54) is 11.1 Å². The number of nitrogens with zero attached hydrogens (tertiary/aromatic N) is 1.